The van der Waals surface area contributed by atoms with Gasteiger partial charge in [0.15, 0.2) is 0 Å². The summed E-state index contributed by atoms with van der Waals surface area (Å²) in [7, 11) is 0. The zero-order valence-electron chi connectivity index (χ0n) is 17.5. The van der Waals surface area contributed by atoms with Crippen LogP contribution >= 0.6 is 35.0 Å². The molecule has 1 aliphatic rings. The lowest BCUT2D eigenvalue weighted by Gasteiger charge is -2.15. The van der Waals surface area contributed by atoms with E-state index in [0.29, 0.717) is 22.0 Å². The van der Waals surface area contributed by atoms with Gasteiger partial charge in [0.25, 0.3) is 5.91 Å². The predicted molar refractivity (Wildman–Crippen MR) is 136 cm³/mol. The smallest absolute Gasteiger partial charge is 0.257 e. The van der Waals surface area contributed by atoms with Crippen LogP contribution in [0.25, 0.3) is 10.9 Å². The molecule has 34 heavy (non-hydrogen) atoms. The average Bonchev–Trinajstić information content (AvgIpc) is 3.38. The van der Waals surface area contributed by atoms with Gasteiger partial charge in [0.05, 0.1) is 21.5 Å². The molecule has 0 saturated carbocycles. The number of hydrogen-bond acceptors (Lipinski definition) is 4. The summed E-state index contributed by atoms with van der Waals surface area (Å²) in [4.78, 5) is 43.3. The van der Waals surface area contributed by atoms with Crippen molar-refractivity contribution in [2.24, 2.45) is 0 Å². The van der Waals surface area contributed by atoms with Gasteiger partial charge in [0, 0.05) is 33.7 Å². The standard InChI is InChI=1S/C25H17Cl2N3O3S/c26-15-2-8-19(20(27)11-15)24(32)29-16-3-6-18(7-4-16)34-22-13-23(31)30(25(22)33)17-5-1-14-9-10-28-21(14)12-17/h1-12,22,28H,13H2,(H,29,32). The molecule has 3 amide bonds. The van der Waals surface area contributed by atoms with Crippen molar-refractivity contribution in [2.75, 3.05) is 10.2 Å². The number of imide groups is 1. The monoisotopic (exact) mass is 509 g/mol. The molecule has 0 spiro atoms. The highest BCUT2D eigenvalue weighted by Crippen LogP contribution is 2.35. The number of carbonyl (C=O) groups is 3. The second-order valence-electron chi connectivity index (χ2n) is 7.73. The van der Waals surface area contributed by atoms with Gasteiger partial charge in [-0.1, -0.05) is 29.3 Å². The van der Waals surface area contributed by atoms with E-state index in [9.17, 15) is 14.4 Å². The van der Waals surface area contributed by atoms with Gasteiger partial charge in [-0.2, -0.15) is 0 Å². The highest BCUT2D eigenvalue weighted by molar-refractivity contribution is 8.00. The maximum atomic E-state index is 13.0. The first-order valence-corrected chi connectivity index (χ1v) is 12.0. The summed E-state index contributed by atoms with van der Waals surface area (Å²) in [5, 5.41) is 4.00. The lowest BCUT2D eigenvalue weighted by molar-refractivity contribution is -0.121. The van der Waals surface area contributed by atoms with E-state index in [1.807, 2.05) is 24.4 Å². The van der Waals surface area contributed by atoms with Crippen molar-refractivity contribution in [3.05, 3.63) is 88.5 Å². The molecule has 1 atom stereocenters. The summed E-state index contributed by atoms with van der Waals surface area (Å²) in [5.74, 6) is -0.818. The molecule has 0 radical (unpaired) electrons. The maximum absolute atomic E-state index is 13.0. The Balaban J connectivity index is 1.26. The van der Waals surface area contributed by atoms with Crippen molar-refractivity contribution in [1.29, 1.82) is 0 Å². The number of benzene rings is 3. The Hall–Kier alpha value is -3.26. The molecule has 1 saturated heterocycles. The Labute approximate surface area is 209 Å². The van der Waals surface area contributed by atoms with Gasteiger partial charge in [-0.25, -0.2) is 4.90 Å². The first-order chi connectivity index (χ1) is 16.4. The molecule has 6 nitrogen and oxygen atoms in total. The van der Waals surface area contributed by atoms with Crippen LogP contribution in [0.15, 0.2) is 77.8 Å². The van der Waals surface area contributed by atoms with E-state index >= 15 is 0 Å². The van der Waals surface area contributed by atoms with Crippen LogP contribution in [0.1, 0.15) is 16.8 Å². The van der Waals surface area contributed by atoms with Crippen LogP contribution in [0, 0.1) is 0 Å². The number of fused-ring (bicyclic) bond motifs is 1. The fourth-order valence-electron chi connectivity index (χ4n) is 3.80. The Morgan fingerprint density at radius 2 is 1.79 bits per heavy atom. The number of aromatic amines is 1. The molecule has 1 unspecified atom stereocenters. The number of halogens is 2. The molecule has 0 aliphatic carbocycles. The molecule has 1 aromatic heterocycles. The summed E-state index contributed by atoms with van der Waals surface area (Å²) >= 11 is 13.3. The van der Waals surface area contributed by atoms with E-state index in [0.717, 1.165) is 15.8 Å². The zero-order valence-corrected chi connectivity index (χ0v) is 19.9. The fraction of sp³-hybridized carbons (Fsp3) is 0.0800. The number of nitrogens with zero attached hydrogens (tertiary/aromatic N) is 1. The van der Waals surface area contributed by atoms with Crippen molar-refractivity contribution in [2.45, 2.75) is 16.6 Å². The average molecular weight is 510 g/mol. The maximum Gasteiger partial charge on any atom is 0.257 e. The van der Waals surface area contributed by atoms with E-state index in [1.165, 1.54) is 22.7 Å². The van der Waals surface area contributed by atoms with Crippen LogP contribution in [0.4, 0.5) is 11.4 Å². The van der Waals surface area contributed by atoms with E-state index in [-0.39, 0.29) is 29.2 Å². The van der Waals surface area contributed by atoms with Crippen LogP contribution in [0.5, 0.6) is 0 Å². The molecule has 0 bridgehead atoms. The van der Waals surface area contributed by atoms with Crippen molar-refractivity contribution in [3.8, 4) is 0 Å². The van der Waals surface area contributed by atoms with Crippen LogP contribution < -0.4 is 10.2 Å². The quantitative estimate of drug-likeness (QED) is 0.316. The minimum atomic E-state index is -0.514. The third-order valence-corrected chi connectivity index (χ3v) is 7.21. The summed E-state index contributed by atoms with van der Waals surface area (Å²) in [6.07, 6.45) is 1.94. The minimum Gasteiger partial charge on any atom is -0.361 e. The number of amides is 3. The molecule has 170 valence electrons. The first kappa shape index (κ1) is 22.5. The number of nitrogens with one attached hydrogen (secondary N) is 2. The summed E-state index contributed by atoms with van der Waals surface area (Å²) in [6, 6.07) is 19.2. The Morgan fingerprint density at radius 1 is 1.00 bits per heavy atom. The third kappa shape index (κ3) is 4.42. The largest absolute Gasteiger partial charge is 0.361 e. The van der Waals surface area contributed by atoms with Crippen molar-refractivity contribution in [1.82, 2.24) is 4.98 Å². The Morgan fingerprint density at radius 3 is 2.56 bits per heavy atom. The Kier molecular flexibility index (Phi) is 6.08. The highest BCUT2D eigenvalue weighted by Gasteiger charge is 2.40. The number of thioether (sulfide) groups is 1. The van der Waals surface area contributed by atoms with Crippen LogP contribution in [0.2, 0.25) is 10.0 Å². The van der Waals surface area contributed by atoms with E-state index in [4.69, 9.17) is 23.2 Å². The van der Waals surface area contributed by atoms with Gasteiger partial charge in [-0.15, -0.1) is 11.8 Å². The molecular weight excluding hydrogens is 493 g/mol. The molecule has 1 fully saturated rings. The SMILES string of the molecule is O=C(Nc1ccc(SC2CC(=O)N(c3ccc4cc[nH]c4c3)C2=O)cc1)c1ccc(Cl)cc1Cl. The van der Waals surface area contributed by atoms with E-state index in [2.05, 4.69) is 10.3 Å². The first-order valence-electron chi connectivity index (χ1n) is 10.4. The number of hydrogen-bond donors (Lipinski definition) is 2. The summed E-state index contributed by atoms with van der Waals surface area (Å²) in [6.45, 7) is 0. The number of aromatic nitrogens is 1. The minimum absolute atomic E-state index is 0.125. The number of rotatable bonds is 5. The lowest BCUT2D eigenvalue weighted by atomic mass is 10.2. The van der Waals surface area contributed by atoms with E-state index < -0.39 is 5.25 Å². The molecule has 2 N–H and O–H groups in total. The number of H-pyrrole nitrogens is 1. The molecule has 1 aliphatic heterocycles. The van der Waals surface area contributed by atoms with Gasteiger partial charge in [-0.3, -0.25) is 14.4 Å². The topological polar surface area (TPSA) is 82.3 Å². The van der Waals surface area contributed by atoms with Gasteiger partial charge in [-0.05, 0) is 66.0 Å². The van der Waals surface area contributed by atoms with Crippen molar-refractivity contribution in [3.63, 3.8) is 0 Å². The number of anilines is 2. The van der Waals surface area contributed by atoms with Crippen LogP contribution in [-0.4, -0.2) is 28.0 Å². The van der Waals surface area contributed by atoms with Crippen LogP contribution in [-0.2, 0) is 9.59 Å². The lowest BCUT2D eigenvalue weighted by Crippen LogP contribution is -2.31. The van der Waals surface area contributed by atoms with Crippen molar-refractivity contribution < 1.29 is 14.4 Å². The molecule has 5 rings (SSSR count). The highest BCUT2D eigenvalue weighted by atomic mass is 35.5. The summed E-state index contributed by atoms with van der Waals surface area (Å²) < 4.78 is 0. The van der Waals surface area contributed by atoms with Crippen molar-refractivity contribution >= 4 is 75.0 Å². The van der Waals surface area contributed by atoms with Gasteiger partial charge in [0.1, 0.15) is 0 Å². The van der Waals surface area contributed by atoms with Gasteiger partial charge >= 0.3 is 0 Å². The Bertz CT molecular complexity index is 1440. The molecule has 3 aromatic carbocycles. The fourth-order valence-corrected chi connectivity index (χ4v) is 5.34. The molecule has 2 heterocycles. The number of carbonyl (C=O) groups excluding carboxylic acids is 3. The normalized spacial score (nSPS) is 15.8. The summed E-state index contributed by atoms with van der Waals surface area (Å²) in [5.41, 5.74) is 2.32. The molecular formula is C25H17Cl2N3O3S. The third-order valence-electron chi connectivity index (χ3n) is 5.47. The zero-order chi connectivity index (χ0) is 23.8. The molecule has 4 aromatic rings. The predicted octanol–water partition coefficient (Wildman–Crippen LogP) is 6.15. The van der Waals surface area contributed by atoms with Gasteiger partial charge < -0.3 is 10.3 Å². The second-order valence-corrected chi connectivity index (χ2v) is 9.85. The molecule has 9 heteroatoms. The van der Waals surface area contributed by atoms with Gasteiger partial charge in [0.2, 0.25) is 11.8 Å². The van der Waals surface area contributed by atoms with E-state index in [1.54, 1.807) is 42.5 Å². The second kappa shape index (κ2) is 9.18. The van der Waals surface area contributed by atoms with Crippen LogP contribution in [0.3, 0.4) is 0 Å².